The molecule has 90 valence electrons. The van der Waals surface area contributed by atoms with E-state index in [1.54, 1.807) is 18.2 Å². The Balaban J connectivity index is 2.26. The molecule has 0 spiro atoms. The zero-order valence-electron chi connectivity index (χ0n) is 8.92. The Morgan fingerprint density at radius 2 is 2.24 bits per heavy atom. The molecular weight excluding hydrogens is 240 g/mol. The minimum atomic E-state index is -3.58. The summed E-state index contributed by atoms with van der Waals surface area (Å²) in [6.07, 6.45) is 2.56. The third-order valence-corrected chi connectivity index (χ3v) is 3.55. The van der Waals surface area contributed by atoms with E-state index >= 15 is 0 Å². The summed E-state index contributed by atoms with van der Waals surface area (Å²) in [4.78, 5) is 0.0932. The molecular formula is C10H12N4O2S. The van der Waals surface area contributed by atoms with Crippen LogP contribution in [0.15, 0.2) is 41.6 Å². The first kappa shape index (κ1) is 11.6. The van der Waals surface area contributed by atoms with Crippen molar-refractivity contribution >= 4 is 15.7 Å². The molecule has 0 radical (unpaired) electrons. The van der Waals surface area contributed by atoms with Crippen molar-refractivity contribution < 1.29 is 8.42 Å². The zero-order chi connectivity index (χ0) is 12.3. The van der Waals surface area contributed by atoms with Crippen LogP contribution in [-0.4, -0.2) is 18.6 Å². The fraction of sp³-hybridized carbons (Fsp3) is 0.100. The first-order chi connectivity index (χ1) is 8.12. The molecule has 0 bridgehead atoms. The monoisotopic (exact) mass is 252 g/mol. The molecule has 0 saturated heterocycles. The van der Waals surface area contributed by atoms with Crippen LogP contribution >= 0.6 is 0 Å². The van der Waals surface area contributed by atoms with Crippen molar-refractivity contribution in [2.75, 3.05) is 4.72 Å². The molecule has 2 rings (SSSR count). The molecule has 0 amide bonds. The van der Waals surface area contributed by atoms with Crippen molar-refractivity contribution in [3.63, 3.8) is 0 Å². The standard InChI is InChI=1S/C10H12N4O2S/c11-5-8-2-1-3-9(4-8)14-17(15,16)10-6-12-13-7-10/h1-4,6-7,14H,5,11H2,(H,12,13). The van der Waals surface area contributed by atoms with Gasteiger partial charge in [0.2, 0.25) is 0 Å². The van der Waals surface area contributed by atoms with Gasteiger partial charge in [-0.15, -0.1) is 0 Å². The third kappa shape index (κ3) is 2.63. The van der Waals surface area contributed by atoms with Crippen molar-refractivity contribution in [3.8, 4) is 0 Å². The van der Waals surface area contributed by atoms with Gasteiger partial charge >= 0.3 is 0 Å². The fourth-order valence-electron chi connectivity index (χ4n) is 1.36. The van der Waals surface area contributed by atoms with Crippen molar-refractivity contribution in [2.24, 2.45) is 5.73 Å². The summed E-state index contributed by atoms with van der Waals surface area (Å²) in [5, 5.41) is 6.05. The highest BCUT2D eigenvalue weighted by molar-refractivity contribution is 7.92. The highest BCUT2D eigenvalue weighted by atomic mass is 32.2. The number of hydrogen-bond donors (Lipinski definition) is 3. The van der Waals surface area contributed by atoms with Crippen LogP contribution in [-0.2, 0) is 16.6 Å². The average molecular weight is 252 g/mol. The van der Waals surface area contributed by atoms with E-state index in [2.05, 4.69) is 14.9 Å². The van der Waals surface area contributed by atoms with Gasteiger partial charge in [0.15, 0.2) is 0 Å². The number of nitrogens with zero attached hydrogens (tertiary/aromatic N) is 1. The fourth-order valence-corrected chi connectivity index (χ4v) is 2.32. The first-order valence-corrected chi connectivity index (χ1v) is 6.41. The van der Waals surface area contributed by atoms with Gasteiger partial charge in [0.05, 0.1) is 6.20 Å². The molecule has 2 aromatic rings. The lowest BCUT2D eigenvalue weighted by Crippen LogP contribution is -2.12. The molecule has 0 fully saturated rings. The van der Waals surface area contributed by atoms with Gasteiger partial charge in [-0.1, -0.05) is 12.1 Å². The van der Waals surface area contributed by atoms with Gasteiger partial charge in [-0.25, -0.2) is 8.42 Å². The third-order valence-electron chi connectivity index (χ3n) is 2.20. The second-order valence-corrected chi connectivity index (χ2v) is 5.13. The normalized spacial score (nSPS) is 11.4. The predicted octanol–water partition coefficient (Wildman–Crippen LogP) is 0.669. The summed E-state index contributed by atoms with van der Waals surface area (Å²) in [6, 6.07) is 6.93. The van der Waals surface area contributed by atoms with Gasteiger partial charge in [0.25, 0.3) is 10.0 Å². The second-order valence-electron chi connectivity index (χ2n) is 3.44. The van der Waals surface area contributed by atoms with Crippen LogP contribution < -0.4 is 10.5 Å². The summed E-state index contributed by atoms with van der Waals surface area (Å²) in [5.74, 6) is 0. The topological polar surface area (TPSA) is 101 Å². The number of sulfonamides is 1. The lowest BCUT2D eigenvalue weighted by atomic mass is 10.2. The molecule has 1 aromatic heterocycles. The molecule has 0 unspecified atom stereocenters. The Morgan fingerprint density at radius 3 is 2.88 bits per heavy atom. The molecule has 1 aromatic carbocycles. The molecule has 0 saturated carbocycles. The Bertz CT molecular complexity index is 593. The van der Waals surface area contributed by atoms with Crippen molar-refractivity contribution in [2.45, 2.75) is 11.4 Å². The van der Waals surface area contributed by atoms with E-state index in [4.69, 9.17) is 5.73 Å². The maximum absolute atomic E-state index is 11.9. The highest BCUT2D eigenvalue weighted by Gasteiger charge is 2.14. The van der Waals surface area contributed by atoms with Crippen molar-refractivity contribution in [1.82, 2.24) is 10.2 Å². The first-order valence-electron chi connectivity index (χ1n) is 4.92. The summed E-state index contributed by atoms with van der Waals surface area (Å²) in [7, 11) is -3.58. The Labute approximate surface area is 98.9 Å². The Kier molecular flexibility index (Phi) is 3.12. The number of aromatic nitrogens is 2. The van der Waals surface area contributed by atoms with E-state index in [1.165, 1.54) is 12.4 Å². The maximum Gasteiger partial charge on any atom is 0.265 e. The number of hydrogen-bond acceptors (Lipinski definition) is 4. The molecule has 17 heavy (non-hydrogen) atoms. The van der Waals surface area contributed by atoms with Crippen molar-refractivity contribution in [3.05, 3.63) is 42.2 Å². The Hall–Kier alpha value is -1.86. The second kappa shape index (κ2) is 4.56. The molecule has 0 aliphatic rings. The number of aromatic amines is 1. The summed E-state index contributed by atoms with van der Waals surface area (Å²) < 4.78 is 26.2. The molecule has 0 aliphatic heterocycles. The average Bonchev–Trinajstić information content (AvgIpc) is 2.83. The van der Waals surface area contributed by atoms with E-state index in [-0.39, 0.29) is 4.90 Å². The molecule has 0 atom stereocenters. The van der Waals surface area contributed by atoms with Crippen molar-refractivity contribution in [1.29, 1.82) is 0 Å². The van der Waals surface area contributed by atoms with Crippen LogP contribution in [0.4, 0.5) is 5.69 Å². The molecule has 7 heteroatoms. The lowest BCUT2D eigenvalue weighted by molar-refractivity contribution is 0.601. The minimum Gasteiger partial charge on any atom is -0.326 e. The van der Waals surface area contributed by atoms with Crippen LogP contribution in [0, 0.1) is 0 Å². The molecule has 4 N–H and O–H groups in total. The number of rotatable bonds is 4. The van der Waals surface area contributed by atoms with Crippen LogP contribution in [0.1, 0.15) is 5.56 Å². The van der Waals surface area contributed by atoms with Crippen LogP contribution in [0.5, 0.6) is 0 Å². The predicted molar refractivity (Wildman–Crippen MR) is 63.7 cm³/mol. The Morgan fingerprint density at radius 1 is 1.41 bits per heavy atom. The number of H-pyrrole nitrogens is 1. The van der Waals surface area contributed by atoms with Crippen LogP contribution in [0.2, 0.25) is 0 Å². The van der Waals surface area contributed by atoms with E-state index in [0.717, 1.165) is 5.56 Å². The summed E-state index contributed by atoms with van der Waals surface area (Å²) in [5.41, 5.74) is 6.82. The molecule has 6 nitrogen and oxygen atoms in total. The van der Waals surface area contributed by atoms with E-state index in [1.807, 2.05) is 6.07 Å². The highest BCUT2D eigenvalue weighted by Crippen LogP contribution is 2.15. The quantitative estimate of drug-likeness (QED) is 0.744. The van der Waals surface area contributed by atoms with Gasteiger partial charge in [-0.05, 0) is 17.7 Å². The number of nitrogens with one attached hydrogen (secondary N) is 2. The zero-order valence-corrected chi connectivity index (χ0v) is 9.74. The molecule has 0 aliphatic carbocycles. The van der Waals surface area contributed by atoms with E-state index in [9.17, 15) is 8.42 Å². The van der Waals surface area contributed by atoms with E-state index in [0.29, 0.717) is 12.2 Å². The number of benzene rings is 1. The summed E-state index contributed by atoms with van der Waals surface area (Å²) >= 11 is 0. The van der Waals surface area contributed by atoms with E-state index < -0.39 is 10.0 Å². The minimum absolute atomic E-state index is 0.0932. The molecule has 1 heterocycles. The number of anilines is 1. The van der Waals surface area contributed by atoms with Crippen LogP contribution in [0.25, 0.3) is 0 Å². The van der Waals surface area contributed by atoms with Gasteiger partial charge in [0.1, 0.15) is 4.90 Å². The maximum atomic E-state index is 11.9. The number of nitrogens with two attached hydrogens (primary N) is 1. The lowest BCUT2D eigenvalue weighted by Gasteiger charge is -2.07. The SMILES string of the molecule is NCc1cccc(NS(=O)(=O)c2cn[nH]c2)c1. The van der Waals surface area contributed by atoms with Gasteiger partial charge in [-0.2, -0.15) is 5.10 Å². The smallest absolute Gasteiger partial charge is 0.265 e. The van der Waals surface area contributed by atoms with Gasteiger partial charge < -0.3 is 5.73 Å². The van der Waals surface area contributed by atoms with Gasteiger partial charge in [0, 0.05) is 18.4 Å². The summed E-state index contributed by atoms with van der Waals surface area (Å²) in [6.45, 7) is 0.362. The largest absolute Gasteiger partial charge is 0.326 e. The van der Waals surface area contributed by atoms with Crippen LogP contribution in [0.3, 0.4) is 0 Å². The van der Waals surface area contributed by atoms with Gasteiger partial charge in [-0.3, -0.25) is 9.82 Å².